The van der Waals surface area contributed by atoms with Gasteiger partial charge in [0, 0.05) is 18.9 Å². The molecule has 0 atom stereocenters. The number of para-hydroxylation sites is 2. The van der Waals surface area contributed by atoms with Gasteiger partial charge in [0.2, 0.25) is 5.91 Å². The van der Waals surface area contributed by atoms with E-state index in [1.54, 1.807) is 11.4 Å². The van der Waals surface area contributed by atoms with E-state index in [9.17, 15) is 9.59 Å². The molecule has 3 heterocycles. The number of amides is 2. The molecule has 0 unspecified atom stereocenters. The number of fused-ring (bicyclic) bond motifs is 1. The van der Waals surface area contributed by atoms with Gasteiger partial charge < -0.3 is 20.4 Å². The molecule has 0 bridgehead atoms. The maximum Gasteiger partial charge on any atom is 0.251 e. The molecule has 1 aliphatic rings. The van der Waals surface area contributed by atoms with Gasteiger partial charge in [-0.05, 0) is 49.5 Å². The topological polar surface area (TPSA) is 101 Å². The molecule has 3 N–H and O–H groups in total. The van der Waals surface area contributed by atoms with Crippen molar-refractivity contribution in [2.24, 2.45) is 5.73 Å². The lowest BCUT2D eigenvalue weighted by Crippen LogP contribution is -2.35. The van der Waals surface area contributed by atoms with Crippen LogP contribution in [0.3, 0.4) is 0 Å². The average Bonchev–Trinajstić information content (AvgIpc) is 3.33. The number of benzene rings is 1. The summed E-state index contributed by atoms with van der Waals surface area (Å²) < 4.78 is 5.90. The van der Waals surface area contributed by atoms with E-state index in [2.05, 4.69) is 15.2 Å². The summed E-state index contributed by atoms with van der Waals surface area (Å²) in [5.41, 5.74) is 7.40. The fourth-order valence-electron chi connectivity index (χ4n) is 3.52. The van der Waals surface area contributed by atoms with Crippen LogP contribution in [0.15, 0.2) is 40.1 Å². The molecule has 1 aromatic carbocycles. The number of thiophene rings is 1. The van der Waals surface area contributed by atoms with Crippen molar-refractivity contribution in [3.63, 3.8) is 0 Å². The second kappa shape index (κ2) is 8.12. The molecule has 3 aromatic rings. The molecule has 8 heteroatoms. The maximum absolute atomic E-state index is 12.2. The van der Waals surface area contributed by atoms with Gasteiger partial charge in [-0.3, -0.25) is 9.59 Å². The molecule has 2 aromatic heterocycles. The van der Waals surface area contributed by atoms with Gasteiger partial charge in [-0.2, -0.15) is 0 Å². The van der Waals surface area contributed by atoms with E-state index in [1.807, 2.05) is 24.3 Å². The van der Waals surface area contributed by atoms with Crippen LogP contribution in [-0.2, 0) is 4.79 Å². The van der Waals surface area contributed by atoms with Crippen molar-refractivity contribution in [3.05, 3.63) is 47.2 Å². The first-order chi connectivity index (χ1) is 13.6. The Balaban J connectivity index is 1.26. The number of piperidine rings is 1. The summed E-state index contributed by atoms with van der Waals surface area (Å²) in [7, 11) is 0. The first-order valence-corrected chi connectivity index (χ1v) is 10.2. The summed E-state index contributed by atoms with van der Waals surface area (Å²) in [5, 5.41) is 5.05. The molecule has 0 saturated carbocycles. The highest BCUT2D eigenvalue weighted by atomic mass is 32.1. The fourth-order valence-corrected chi connectivity index (χ4v) is 4.33. The van der Waals surface area contributed by atoms with Crippen LogP contribution < -0.4 is 11.1 Å². The van der Waals surface area contributed by atoms with Crippen LogP contribution in [-0.4, -0.2) is 41.3 Å². The number of nitrogens with two attached hydrogens (primary N) is 1. The first kappa shape index (κ1) is 18.6. The Labute approximate surface area is 166 Å². The van der Waals surface area contributed by atoms with Crippen molar-refractivity contribution in [1.82, 2.24) is 9.88 Å². The van der Waals surface area contributed by atoms with E-state index in [0.717, 1.165) is 42.9 Å². The highest BCUT2D eigenvalue weighted by molar-refractivity contribution is 7.14. The zero-order valence-corrected chi connectivity index (χ0v) is 16.2. The summed E-state index contributed by atoms with van der Waals surface area (Å²) in [6, 6.07) is 9.45. The van der Waals surface area contributed by atoms with Crippen molar-refractivity contribution in [2.75, 3.05) is 25.0 Å². The Hall–Kier alpha value is -2.71. The van der Waals surface area contributed by atoms with E-state index in [-0.39, 0.29) is 5.91 Å². The second-order valence-corrected chi connectivity index (χ2v) is 7.88. The van der Waals surface area contributed by atoms with Crippen molar-refractivity contribution in [1.29, 1.82) is 0 Å². The zero-order chi connectivity index (χ0) is 19.5. The third kappa shape index (κ3) is 4.07. The molecule has 28 heavy (non-hydrogen) atoms. The summed E-state index contributed by atoms with van der Waals surface area (Å²) in [6.45, 7) is 2.49. The van der Waals surface area contributed by atoms with E-state index in [0.29, 0.717) is 29.4 Å². The number of carbonyl (C=O) groups excluding carboxylic acids is 2. The van der Waals surface area contributed by atoms with Crippen LogP contribution in [0.1, 0.15) is 41.4 Å². The van der Waals surface area contributed by atoms with Crippen LogP contribution in [0.25, 0.3) is 11.1 Å². The predicted octanol–water partition coefficient (Wildman–Crippen LogP) is 3.20. The number of hydrogen-bond donors (Lipinski definition) is 2. The summed E-state index contributed by atoms with van der Waals surface area (Å²) >= 11 is 1.30. The van der Waals surface area contributed by atoms with Gasteiger partial charge >= 0.3 is 0 Å². The average molecular weight is 398 g/mol. The Morgan fingerprint density at radius 1 is 1.25 bits per heavy atom. The van der Waals surface area contributed by atoms with E-state index >= 15 is 0 Å². The predicted molar refractivity (Wildman–Crippen MR) is 109 cm³/mol. The third-order valence-corrected chi connectivity index (χ3v) is 5.92. The van der Waals surface area contributed by atoms with Gasteiger partial charge in [0.1, 0.15) is 10.5 Å². The molecule has 4 rings (SSSR count). The Morgan fingerprint density at radius 3 is 2.79 bits per heavy atom. The minimum atomic E-state index is -0.530. The maximum atomic E-state index is 12.2. The van der Waals surface area contributed by atoms with Crippen molar-refractivity contribution in [2.45, 2.75) is 25.2 Å². The number of nitrogens with one attached hydrogen (secondary N) is 1. The molecule has 0 radical (unpaired) electrons. The monoisotopic (exact) mass is 398 g/mol. The lowest BCUT2D eigenvalue weighted by atomic mass is 9.96. The van der Waals surface area contributed by atoms with Crippen molar-refractivity contribution >= 4 is 39.3 Å². The molecule has 0 spiro atoms. The molecule has 2 amide bonds. The molecule has 7 nitrogen and oxygen atoms in total. The number of nitrogens with zero attached hydrogens (tertiary/aromatic N) is 2. The van der Waals surface area contributed by atoms with E-state index in [1.165, 1.54) is 11.3 Å². The van der Waals surface area contributed by atoms with Gasteiger partial charge in [0.25, 0.3) is 5.91 Å². The SMILES string of the molecule is NC(=O)c1ccsc1NC(=O)CCN1CCC(c2nc3ccccc3o2)CC1. The van der Waals surface area contributed by atoms with Gasteiger partial charge in [-0.25, -0.2) is 4.98 Å². The van der Waals surface area contributed by atoms with Crippen molar-refractivity contribution in [3.8, 4) is 0 Å². The standard InChI is InChI=1S/C20H22N4O3S/c21-18(26)14-8-12-28-20(14)23-17(25)7-11-24-9-5-13(6-10-24)19-22-15-3-1-2-4-16(15)27-19/h1-4,8,12-13H,5-7,9-11H2,(H2,21,26)(H,23,25). The van der Waals surface area contributed by atoms with E-state index in [4.69, 9.17) is 10.2 Å². The molecule has 1 saturated heterocycles. The molecule has 1 aliphatic heterocycles. The summed E-state index contributed by atoms with van der Waals surface area (Å²) in [5.74, 6) is 0.501. The number of rotatable bonds is 6. The van der Waals surface area contributed by atoms with Crippen LogP contribution in [0, 0.1) is 0 Å². The second-order valence-electron chi connectivity index (χ2n) is 6.96. The summed E-state index contributed by atoms with van der Waals surface area (Å²) in [4.78, 5) is 30.4. The number of anilines is 1. The Bertz CT molecular complexity index is 955. The minimum Gasteiger partial charge on any atom is -0.440 e. The third-order valence-electron chi connectivity index (χ3n) is 5.09. The van der Waals surface area contributed by atoms with Gasteiger partial charge in [0.05, 0.1) is 5.56 Å². The smallest absolute Gasteiger partial charge is 0.251 e. The van der Waals surface area contributed by atoms with Crippen LogP contribution in [0.5, 0.6) is 0 Å². The van der Waals surface area contributed by atoms with Crippen LogP contribution in [0.4, 0.5) is 5.00 Å². The molecular formula is C20H22N4O3S. The Kier molecular flexibility index (Phi) is 5.40. The number of likely N-dealkylation sites (tertiary alicyclic amines) is 1. The number of aromatic nitrogens is 1. The van der Waals surface area contributed by atoms with Gasteiger partial charge in [0.15, 0.2) is 11.5 Å². The molecular weight excluding hydrogens is 376 g/mol. The van der Waals surface area contributed by atoms with Gasteiger partial charge in [-0.1, -0.05) is 12.1 Å². The Morgan fingerprint density at radius 2 is 2.04 bits per heavy atom. The number of carbonyl (C=O) groups is 2. The highest BCUT2D eigenvalue weighted by Gasteiger charge is 2.25. The van der Waals surface area contributed by atoms with Crippen molar-refractivity contribution < 1.29 is 14.0 Å². The minimum absolute atomic E-state index is 0.106. The quantitative estimate of drug-likeness (QED) is 0.664. The number of hydrogen-bond acceptors (Lipinski definition) is 6. The largest absolute Gasteiger partial charge is 0.440 e. The van der Waals surface area contributed by atoms with E-state index < -0.39 is 5.91 Å². The van der Waals surface area contributed by atoms with Gasteiger partial charge in [-0.15, -0.1) is 11.3 Å². The highest BCUT2D eigenvalue weighted by Crippen LogP contribution is 2.30. The summed E-state index contributed by atoms with van der Waals surface area (Å²) in [6.07, 6.45) is 2.31. The number of primary amides is 1. The lowest BCUT2D eigenvalue weighted by molar-refractivity contribution is -0.116. The molecule has 146 valence electrons. The molecule has 0 aliphatic carbocycles. The lowest BCUT2D eigenvalue weighted by Gasteiger charge is -2.30. The molecule has 1 fully saturated rings. The normalized spacial score (nSPS) is 15.7. The zero-order valence-electron chi connectivity index (χ0n) is 15.4. The first-order valence-electron chi connectivity index (χ1n) is 9.35. The van der Waals surface area contributed by atoms with Crippen LogP contribution >= 0.6 is 11.3 Å². The fraction of sp³-hybridized carbons (Fsp3) is 0.350. The van der Waals surface area contributed by atoms with Crippen LogP contribution in [0.2, 0.25) is 0 Å². The number of oxazole rings is 1.